The van der Waals surface area contributed by atoms with Gasteiger partial charge >= 0.3 is 0 Å². The molecule has 1 fully saturated rings. The van der Waals surface area contributed by atoms with Crippen LogP contribution in [0.15, 0.2) is 18.2 Å². The average Bonchev–Trinajstić information content (AvgIpc) is 2.57. The number of nitrogens with one attached hydrogen (secondary N) is 1. The quantitative estimate of drug-likeness (QED) is 0.862. The van der Waals surface area contributed by atoms with E-state index in [2.05, 4.69) is 19.2 Å². The summed E-state index contributed by atoms with van der Waals surface area (Å²) in [5, 5.41) is 3.83. The molecule has 0 bridgehead atoms. The zero-order valence-electron chi connectivity index (χ0n) is 10.6. The van der Waals surface area contributed by atoms with E-state index in [4.69, 9.17) is 23.2 Å². The van der Waals surface area contributed by atoms with E-state index in [0.29, 0.717) is 21.0 Å². The maximum Gasteiger partial charge on any atom is 0.254 e. The molecule has 1 atom stereocenters. The lowest BCUT2D eigenvalue weighted by atomic mass is 9.92. The second-order valence-electron chi connectivity index (χ2n) is 5.67. The zero-order valence-corrected chi connectivity index (χ0v) is 12.1. The summed E-state index contributed by atoms with van der Waals surface area (Å²) in [6.07, 6.45) is 3.15. The van der Waals surface area contributed by atoms with Gasteiger partial charge < -0.3 is 5.32 Å². The first-order chi connectivity index (χ1) is 8.39. The largest absolute Gasteiger partial charge is 0.349 e. The van der Waals surface area contributed by atoms with Gasteiger partial charge in [0.05, 0.1) is 15.6 Å². The molecule has 2 rings (SSSR count). The fourth-order valence-corrected chi connectivity index (χ4v) is 3.10. The lowest BCUT2D eigenvalue weighted by molar-refractivity contribution is 0.0936. The molecule has 1 saturated carbocycles. The lowest BCUT2D eigenvalue weighted by Gasteiger charge is -2.18. The van der Waals surface area contributed by atoms with Crippen LogP contribution in [0.3, 0.4) is 0 Å². The van der Waals surface area contributed by atoms with Crippen LogP contribution in [0.4, 0.5) is 0 Å². The molecule has 18 heavy (non-hydrogen) atoms. The van der Waals surface area contributed by atoms with E-state index in [0.717, 1.165) is 19.3 Å². The van der Waals surface area contributed by atoms with Crippen molar-refractivity contribution < 1.29 is 4.79 Å². The van der Waals surface area contributed by atoms with Crippen LogP contribution in [0.2, 0.25) is 10.0 Å². The van der Waals surface area contributed by atoms with E-state index >= 15 is 0 Å². The molecule has 0 aliphatic heterocycles. The van der Waals surface area contributed by atoms with E-state index in [9.17, 15) is 4.79 Å². The summed E-state index contributed by atoms with van der Waals surface area (Å²) < 4.78 is 0. The minimum Gasteiger partial charge on any atom is -0.349 e. The van der Waals surface area contributed by atoms with Gasteiger partial charge in [-0.2, -0.15) is 0 Å². The van der Waals surface area contributed by atoms with Crippen LogP contribution in [-0.4, -0.2) is 11.9 Å². The van der Waals surface area contributed by atoms with Crippen LogP contribution in [-0.2, 0) is 0 Å². The first-order valence-corrected chi connectivity index (χ1v) is 6.89. The Bertz CT molecular complexity index is 451. The molecular weight excluding hydrogens is 269 g/mol. The molecule has 4 heteroatoms. The summed E-state index contributed by atoms with van der Waals surface area (Å²) >= 11 is 12.0. The number of hydrogen-bond donors (Lipinski definition) is 1. The summed E-state index contributed by atoms with van der Waals surface area (Å²) in [5.74, 6) is -0.173. The zero-order chi connectivity index (χ0) is 13.3. The normalized spacial score (nSPS) is 21.9. The number of rotatable bonds is 2. The van der Waals surface area contributed by atoms with Crippen molar-refractivity contribution in [3.05, 3.63) is 33.8 Å². The van der Waals surface area contributed by atoms with Gasteiger partial charge in [0.25, 0.3) is 5.91 Å². The van der Waals surface area contributed by atoms with Gasteiger partial charge in [-0.25, -0.2) is 0 Å². The fourth-order valence-electron chi connectivity index (χ4n) is 2.53. The Morgan fingerprint density at radius 2 is 1.94 bits per heavy atom. The van der Waals surface area contributed by atoms with Crippen LogP contribution in [0.25, 0.3) is 0 Å². The van der Waals surface area contributed by atoms with E-state index in [1.165, 1.54) is 0 Å². The number of carbonyl (C=O) groups is 1. The third kappa shape index (κ3) is 2.99. The highest BCUT2D eigenvalue weighted by Gasteiger charge is 2.32. The maximum absolute atomic E-state index is 12.2. The van der Waals surface area contributed by atoms with Crippen molar-refractivity contribution in [1.82, 2.24) is 5.32 Å². The molecule has 1 unspecified atom stereocenters. The molecule has 1 N–H and O–H groups in total. The molecule has 0 radical (unpaired) electrons. The second kappa shape index (κ2) is 5.10. The van der Waals surface area contributed by atoms with Crippen molar-refractivity contribution in [2.75, 3.05) is 0 Å². The van der Waals surface area contributed by atoms with Crippen LogP contribution in [0.1, 0.15) is 43.5 Å². The van der Waals surface area contributed by atoms with Gasteiger partial charge in [0, 0.05) is 6.04 Å². The Balaban J connectivity index is 2.09. The first kappa shape index (κ1) is 13.7. The van der Waals surface area contributed by atoms with Crippen molar-refractivity contribution >= 4 is 29.1 Å². The molecule has 1 aliphatic carbocycles. The van der Waals surface area contributed by atoms with E-state index < -0.39 is 0 Å². The molecule has 0 heterocycles. The highest BCUT2D eigenvalue weighted by Crippen LogP contribution is 2.37. The second-order valence-corrected chi connectivity index (χ2v) is 6.49. The van der Waals surface area contributed by atoms with Crippen molar-refractivity contribution in [2.24, 2.45) is 5.41 Å². The van der Waals surface area contributed by atoms with Gasteiger partial charge in [0.2, 0.25) is 0 Å². The standard InChI is InChI=1S/C14H17Cl2NO/c1-14(2)7-6-9(8-14)17-13(18)12-10(15)4-3-5-11(12)16/h3-5,9H,6-8H2,1-2H3,(H,17,18). The Morgan fingerprint density at radius 1 is 1.33 bits per heavy atom. The number of amides is 1. The minimum absolute atomic E-state index is 0.173. The van der Waals surface area contributed by atoms with Crippen LogP contribution >= 0.6 is 23.2 Å². The topological polar surface area (TPSA) is 29.1 Å². The first-order valence-electron chi connectivity index (χ1n) is 6.14. The van der Waals surface area contributed by atoms with E-state index in [-0.39, 0.29) is 11.9 Å². The third-order valence-electron chi connectivity index (χ3n) is 3.49. The fraction of sp³-hybridized carbons (Fsp3) is 0.500. The van der Waals surface area contributed by atoms with Crippen molar-refractivity contribution in [2.45, 2.75) is 39.2 Å². The Kier molecular flexibility index (Phi) is 3.88. The SMILES string of the molecule is CC1(C)CCC(NC(=O)c2c(Cl)cccc2Cl)C1. The monoisotopic (exact) mass is 285 g/mol. The molecule has 0 saturated heterocycles. The summed E-state index contributed by atoms with van der Waals surface area (Å²) in [7, 11) is 0. The Morgan fingerprint density at radius 3 is 2.44 bits per heavy atom. The predicted molar refractivity (Wildman–Crippen MR) is 75.3 cm³/mol. The Hall–Kier alpha value is -0.730. The number of hydrogen-bond acceptors (Lipinski definition) is 1. The lowest BCUT2D eigenvalue weighted by Crippen LogP contribution is -2.33. The van der Waals surface area contributed by atoms with E-state index in [1.807, 2.05) is 0 Å². The molecule has 0 spiro atoms. The summed E-state index contributed by atoms with van der Waals surface area (Å²) in [4.78, 5) is 12.2. The summed E-state index contributed by atoms with van der Waals surface area (Å²) in [6.45, 7) is 4.45. The van der Waals surface area contributed by atoms with Crippen molar-refractivity contribution in [3.8, 4) is 0 Å². The Labute approximate surface area is 118 Å². The summed E-state index contributed by atoms with van der Waals surface area (Å²) in [5.41, 5.74) is 0.688. The van der Waals surface area contributed by atoms with E-state index in [1.54, 1.807) is 18.2 Å². The molecule has 98 valence electrons. The highest BCUT2D eigenvalue weighted by atomic mass is 35.5. The number of benzene rings is 1. The smallest absolute Gasteiger partial charge is 0.254 e. The molecule has 1 aliphatic rings. The van der Waals surface area contributed by atoms with Crippen LogP contribution in [0, 0.1) is 5.41 Å². The van der Waals surface area contributed by atoms with Gasteiger partial charge in [-0.3, -0.25) is 4.79 Å². The molecule has 2 nitrogen and oxygen atoms in total. The number of halogens is 2. The molecule has 1 aromatic carbocycles. The third-order valence-corrected chi connectivity index (χ3v) is 4.12. The molecule has 1 amide bonds. The minimum atomic E-state index is -0.173. The van der Waals surface area contributed by atoms with Crippen LogP contribution < -0.4 is 5.32 Å². The molecular formula is C14H17Cl2NO. The van der Waals surface area contributed by atoms with Gasteiger partial charge in [0.15, 0.2) is 0 Å². The van der Waals surface area contributed by atoms with Crippen LogP contribution in [0.5, 0.6) is 0 Å². The average molecular weight is 286 g/mol. The van der Waals surface area contributed by atoms with Crippen molar-refractivity contribution in [3.63, 3.8) is 0 Å². The maximum atomic E-state index is 12.2. The van der Waals surface area contributed by atoms with Gasteiger partial charge in [0.1, 0.15) is 0 Å². The van der Waals surface area contributed by atoms with Gasteiger partial charge in [-0.1, -0.05) is 43.1 Å². The number of carbonyl (C=O) groups excluding carboxylic acids is 1. The van der Waals surface area contributed by atoms with Crippen molar-refractivity contribution in [1.29, 1.82) is 0 Å². The highest BCUT2D eigenvalue weighted by molar-refractivity contribution is 6.39. The van der Waals surface area contributed by atoms with Gasteiger partial charge in [-0.05, 0) is 36.8 Å². The molecule has 1 aromatic rings. The predicted octanol–water partition coefficient (Wildman–Crippen LogP) is 4.30. The summed E-state index contributed by atoms with van der Waals surface area (Å²) in [6, 6.07) is 5.32. The van der Waals surface area contributed by atoms with Gasteiger partial charge in [-0.15, -0.1) is 0 Å². The molecule has 0 aromatic heterocycles.